The lowest BCUT2D eigenvalue weighted by molar-refractivity contribution is 0.246. The number of H-pyrrole nitrogens is 1. The molecule has 1 aliphatic rings. The minimum absolute atomic E-state index is 0.0262. The maximum Gasteiger partial charge on any atom is 0.214 e. The molecule has 3 rings (SSSR count). The first-order valence-electron chi connectivity index (χ1n) is 9.49. The maximum atomic E-state index is 13.1. The van der Waals surface area contributed by atoms with Gasteiger partial charge in [0.05, 0.1) is 23.4 Å². The predicted molar refractivity (Wildman–Crippen MR) is 113 cm³/mol. The van der Waals surface area contributed by atoms with Crippen LogP contribution in [0, 0.1) is 11.7 Å². The van der Waals surface area contributed by atoms with Gasteiger partial charge >= 0.3 is 0 Å². The largest absolute Gasteiger partial charge is 0.339 e. The lowest BCUT2D eigenvalue weighted by atomic mass is 9.86. The zero-order valence-electron chi connectivity index (χ0n) is 16.7. The van der Waals surface area contributed by atoms with Gasteiger partial charge in [0.25, 0.3) is 0 Å². The van der Waals surface area contributed by atoms with E-state index < -0.39 is 25.7 Å². The molecular weight excluding hydrogens is 455 g/mol. The molecule has 2 aromatic heterocycles. The zero-order valence-corrected chi connectivity index (χ0v) is 19.1. The van der Waals surface area contributed by atoms with E-state index in [1.807, 2.05) is 6.92 Å². The highest BCUT2D eigenvalue weighted by molar-refractivity contribution is 7.91. The van der Waals surface area contributed by atoms with Crippen molar-refractivity contribution in [2.75, 3.05) is 30.9 Å². The van der Waals surface area contributed by atoms with E-state index in [0.29, 0.717) is 36.7 Å². The van der Waals surface area contributed by atoms with Crippen molar-refractivity contribution in [1.82, 2.24) is 19.3 Å². The summed E-state index contributed by atoms with van der Waals surface area (Å²) < 4.78 is 62.2. The van der Waals surface area contributed by atoms with Crippen LogP contribution in [-0.2, 0) is 19.9 Å². The molecule has 12 heteroatoms. The summed E-state index contributed by atoms with van der Waals surface area (Å²) in [5.41, 5.74) is 1.17. The van der Waals surface area contributed by atoms with E-state index in [0.717, 1.165) is 12.5 Å². The maximum absolute atomic E-state index is 13.1. The summed E-state index contributed by atoms with van der Waals surface area (Å²) in [6.45, 7) is 2.57. The van der Waals surface area contributed by atoms with Crippen molar-refractivity contribution >= 4 is 31.5 Å². The molecule has 1 saturated heterocycles. The lowest BCUT2D eigenvalue weighted by Crippen LogP contribution is -2.43. The van der Waals surface area contributed by atoms with E-state index in [4.69, 9.17) is 11.6 Å². The molecule has 3 heterocycles. The third-order valence-electron chi connectivity index (χ3n) is 5.20. The van der Waals surface area contributed by atoms with Gasteiger partial charge in [0, 0.05) is 25.3 Å². The van der Waals surface area contributed by atoms with Gasteiger partial charge in [-0.1, -0.05) is 18.5 Å². The second-order valence-corrected chi connectivity index (χ2v) is 12.4. The Labute approximate surface area is 180 Å². The van der Waals surface area contributed by atoms with Gasteiger partial charge in [-0.25, -0.2) is 35.5 Å². The molecule has 2 atom stereocenters. The van der Waals surface area contributed by atoms with Crippen molar-refractivity contribution < 1.29 is 21.2 Å². The van der Waals surface area contributed by atoms with Crippen LogP contribution in [0.25, 0.3) is 11.5 Å². The number of aromatic amines is 1. The van der Waals surface area contributed by atoms with Gasteiger partial charge in [0.1, 0.15) is 21.3 Å². The summed E-state index contributed by atoms with van der Waals surface area (Å²) in [6.07, 6.45) is 2.82. The number of nitrogens with one attached hydrogen (secondary N) is 1. The molecular formula is C18H24ClFN4O4S2. The fraction of sp³-hybridized carbons (Fsp3) is 0.556. The summed E-state index contributed by atoms with van der Waals surface area (Å²) in [5.74, 6) is -0.421. The van der Waals surface area contributed by atoms with Crippen LogP contribution in [0.3, 0.4) is 0 Å². The molecule has 1 fully saturated rings. The Hall–Kier alpha value is -1.56. The SMILES string of the molecule is C[C@H]1CN(S(=O)(=O)CCCS(C)(=O)=O)CC[C@H]1c1[nH]c(-c2ccc(F)cn2)nc1Cl. The molecule has 30 heavy (non-hydrogen) atoms. The molecule has 0 saturated carbocycles. The molecule has 1 aliphatic heterocycles. The number of halogens is 2. The van der Waals surface area contributed by atoms with Gasteiger partial charge in [-0.2, -0.15) is 0 Å². The van der Waals surface area contributed by atoms with Crippen LogP contribution < -0.4 is 0 Å². The summed E-state index contributed by atoms with van der Waals surface area (Å²) in [7, 11) is -6.73. The summed E-state index contributed by atoms with van der Waals surface area (Å²) in [6, 6.07) is 2.79. The van der Waals surface area contributed by atoms with Crippen molar-refractivity contribution in [2.24, 2.45) is 5.92 Å². The van der Waals surface area contributed by atoms with Crippen molar-refractivity contribution in [3.63, 3.8) is 0 Å². The van der Waals surface area contributed by atoms with Gasteiger partial charge in [0.15, 0.2) is 11.0 Å². The third-order valence-corrected chi connectivity index (χ3v) is 8.45. The number of aromatic nitrogens is 3. The van der Waals surface area contributed by atoms with E-state index in [2.05, 4.69) is 15.0 Å². The van der Waals surface area contributed by atoms with E-state index in [1.54, 1.807) is 0 Å². The van der Waals surface area contributed by atoms with E-state index in [9.17, 15) is 21.2 Å². The number of piperidine rings is 1. The van der Waals surface area contributed by atoms with Crippen LogP contribution in [0.15, 0.2) is 18.3 Å². The Kier molecular flexibility index (Phi) is 6.85. The molecule has 0 unspecified atom stereocenters. The highest BCUT2D eigenvalue weighted by Crippen LogP contribution is 2.37. The van der Waals surface area contributed by atoms with Crippen molar-refractivity contribution in [2.45, 2.75) is 25.7 Å². The van der Waals surface area contributed by atoms with Gasteiger partial charge in [-0.05, 0) is 30.9 Å². The minimum atomic E-state index is -3.53. The highest BCUT2D eigenvalue weighted by atomic mass is 35.5. The van der Waals surface area contributed by atoms with Crippen molar-refractivity contribution in [1.29, 1.82) is 0 Å². The van der Waals surface area contributed by atoms with Crippen LogP contribution in [-0.4, -0.2) is 66.9 Å². The summed E-state index contributed by atoms with van der Waals surface area (Å²) in [4.78, 5) is 11.4. The number of imidazole rings is 1. The number of nitrogens with zero attached hydrogens (tertiary/aromatic N) is 3. The van der Waals surface area contributed by atoms with Crippen LogP contribution in [0.1, 0.15) is 31.4 Å². The van der Waals surface area contributed by atoms with Gasteiger partial charge in [0.2, 0.25) is 10.0 Å². The average molecular weight is 479 g/mol. The quantitative estimate of drug-likeness (QED) is 0.654. The third kappa shape index (κ3) is 5.57. The van der Waals surface area contributed by atoms with Crippen molar-refractivity contribution in [3.05, 3.63) is 35.0 Å². The Morgan fingerprint density at radius 2 is 2.00 bits per heavy atom. The van der Waals surface area contributed by atoms with Crippen LogP contribution in [0.2, 0.25) is 5.15 Å². The minimum Gasteiger partial charge on any atom is -0.339 e. The number of rotatable bonds is 7. The zero-order chi connectivity index (χ0) is 22.1. The molecule has 2 aromatic rings. The van der Waals surface area contributed by atoms with E-state index in [-0.39, 0.29) is 34.9 Å². The van der Waals surface area contributed by atoms with Crippen LogP contribution in [0.5, 0.6) is 0 Å². The normalized spacial score (nSPS) is 21.1. The molecule has 166 valence electrons. The Morgan fingerprint density at radius 3 is 2.60 bits per heavy atom. The Bertz CT molecular complexity index is 1100. The number of sulfone groups is 1. The predicted octanol–water partition coefficient (Wildman–Crippen LogP) is 2.45. The molecule has 0 aromatic carbocycles. The average Bonchev–Trinajstić information content (AvgIpc) is 3.02. The highest BCUT2D eigenvalue weighted by Gasteiger charge is 2.35. The topological polar surface area (TPSA) is 113 Å². The summed E-state index contributed by atoms with van der Waals surface area (Å²) >= 11 is 6.33. The van der Waals surface area contributed by atoms with E-state index >= 15 is 0 Å². The molecule has 0 spiro atoms. The van der Waals surface area contributed by atoms with Crippen molar-refractivity contribution in [3.8, 4) is 11.5 Å². The molecule has 0 amide bonds. The smallest absolute Gasteiger partial charge is 0.214 e. The molecule has 8 nitrogen and oxygen atoms in total. The molecule has 0 aliphatic carbocycles. The number of sulfonamides is 1. The standard InChI is InChI=1S/C18H24ClFN4O4S2/c1-12-11-24(30(27,28)9-3-8-29(2,25)26)7-6-14(12)16-17(19)23-18(22-16)15-5-4-13(20)10-21-15/h4-5,10,12,14H,3,6-9,11H2,1-2H3,(H,22,23)/t12-,14+/m0/s1. The Balaban J connectivity index is 1.69. The lowest BCUT2D eigenvalue weighted by Gasteiger charge is -2.35. The second kappa shape index (κ2) is 8.89. The van der Waals surface area contributed by atoms with Crippen LogP contribution in [0.4, 0.5) is 4.39 Å². The first kappa shape index (κ1) is 23.1. The monoisotopic (exact) mass is 478 g/mol. The van der Waals surface area contributed by atoms with Crippen LogP contribution >= 0.6 is 11.6 Å². The number of hydrogen-bond acceptors (Lipinski definition) is 6. The Morgan fingerprint density at radius 1 is 1.27 bits per heavy atom. The number of pyridine rings is 1. The molecule has 1 N–H and O–H groups in total. The molecule has 0 bridgehead atoms. The van der Waals surface area contributed by atoms with E-state index in [1.165, 1.54) is 16.4 Å². The van der Waals surface area contributed by atoms with Gasteiger partial charge in [-0.3, -0.25) is 0 Å². The number of hydrogen-bond donors (Lipinski definition) is 1. The van der Waals surface area contributed by atoms with Gasteiger partial charge in [-0.15, -0.1) is 0 Å². The molecule has 0 radical (unpaired) electrons. The summed E-state index contributed by atoms with van der Waals surface area (Å²) in [5, 5.41) is 0.289. The first-order chi connectivity index (χ1) is 14.0. The fourth-order valence-electron chi connectivity index (χ4n) is 3.67. The fourth-order valence-corrected chi connectivity index (χ4v) is 6.41. The second-order valence-electron chi connectivity index (χ2n) is 7.68. The van der Waals surface area contributed by atoms with Gasteiger partial charge < -0.3 is 4.98 Å². The first-order valence-corrected chi connectivity index (χ1v) is 13.5.